The Bertz CT molecular complexity index is 959. The van der Waals surface area contributed by atoms with Gasteiger partial charge in [0.15, 0.2) is 16.6 Å². The monoisotopic (exact) mass is 426 g/mol. The summed E-state index contributed by atoms with van der Waals surface area (Å²) in [5, 5.41) is 3.76. The van der Waals surface area contributed by atoms with Gasteiger partial charge in [0, 0.05) is 12.7 Å². The number of carbonyl (C=O) groups excluding carboxylic acids is 1. The fourth-order valence-corrected chi connectivity index (χ4v) is 3.54. The van der Waals surface area contributed by atoms with Crippen molar-refractivity contribution < 1.29 is 19.0 Å². The van der Waals surface area contributed by atoms with Crippen LogP contribution in [0.15, 0.2) is 59.8 Å². The van der Waals surface area contributed by atoms with Gasteiger partial charge in [-0.3, -0.25) is 0 Å². The van der Waals surface area contributed by atoms with Crippen LogP contribution >= 0.6 is 12.2 Å². The number of nitrogens with one attached hydrogen (secondary N) is 1. The molecule has 0 aliphatic carbocycles. The van der Waals surface area contributed by atoms with Crippen molar-refractivity contribution in [1.29, 1.82) is 0 Å². The van der Waals surface area contributed by atoms with Crippen molar-refractivity contribution in [2.75, 3.05) is 20.8 Å². The molecular weight excluding hydrogens is 400 g/mol. The number of hydrogen-bond donors (Lipinski definition) is 1. The van der Waals surface area contributed by atoms with E-state index in [1.807, 2.05) is 69.4 Å². The number of ether oxygens (including phenoxy) is 3. The molecule has 0 bridgehead atoms. The molecule has 6 nitrogen and oxygen atoms in total. The number of carbonyl (C=O) groups is 1. The Labute approximate surface area is 182 Å². The molecule has 1 aliphatic heterocycles. The lowest BCUT2D eigenvalue weighted by molar-refractivity contribution is -0.136. The molecule has 0 amide bonds. The lowest BCUT2D eigenvalue weighted by atomic mass is 9.95. The number of methoxy groups -OCH3 is 1. The molecule has 2 aromatic rings. The summed E-state index contributed by atoms with van der Waals surface area (Å²) in [6.07, 6.45) is 0. The highest BCUT2D eigenvalue weighted by Crippen LogP contribution is 2.36. The lowest BCUT2D eigenvalue weighted by Crippen LogP contribution is -2.46. The molecule has 30 heavy (non-hydrogen) atoms. The maximum atomic E-state index is 12.5. The summed E-state index contributed by atoms with van der Waals surface area (Å²) < 4.78 is 16.8. The number of hydrogen-bond acceptors (Lipinski definition) is 5. The number of esters is 1. The molecule has 2 aromatic carbocycles. The maximum Gasteiger partial charge on any atom is 0.337 e. The van der Waals surface area contributed by atoms with Crippen LogP contribution < -0.4 is 14.8 Å². The van der Waals surface area contributed by atoms with E-state index in [4.69, 9.17) is 26.4 Å². The zero-order valence-corrected chi connectivity index (χ0v) is 18.4. The van der Waals surface area contributed by atoms with E-state index in [2.05, 4.69) is 5.32 Å². The van der Waals surface area contributed by atoms with Crippen molar-refractivity contribution in [2.45, 2.75) is 26.5 Å². The smallest absolute Gasteiger partial charge is 0.337 e. The highest BCUT2D eigenvalue weighted by Gasteiger charge is 2.33. The summed E-state index contributed by atoms with van der Waals surface area (Å²) in [6.45, 7) is 4.69. The third-order valence-electron chi connectivity index (χ3n) is 5.00. The van der Waals surface area contributed by atoms with Crippen molar-refractivity contribution in [3.05, 3.63) is 70.9 Å². The van der Waals surface area contributed by atoms with Crippen LogP contribution in [0, 0.1) is 0 Å². The van der Waals surface area contributed by atoms with Gasteiger partial charge in [-0.1, -0.05) is 36.4 Å². The zero-order valence-electron chi connectivity index (χ0n) is 17.6. The minimum Gasteiger partial charge on any atom is -0.490 e. The summed E-state index contributed by atoms with van der Waals surface area (Å²) >= 11 is 5.44. The fraction of sp³-hybridized carbons (Fsp3) is 0.304. The normalized spacial score (nSPS) is 16.2. The Morgan fingerprint density at radius 2 is 1.87 bits per heavy atom. The molecule has 1 atom stereocenters. The Balaban J connectivity index is 1.94. The van der Waals surface area contributed by atoms with E-state index in [1.165, 1.54) is 7.11 Å². The third kappa shape index (κ3) is 4.57. The van der Waals surface area contributed by atoms with Crippen LogP contribution in [0.1, 0.15) is 31.0 Å². The number of allylic oxidation sites excluding steroid dienone is 1. The van der Waals surface area contributed by atoms with Gasteiger partial charge in [0.2, 0.25) is 0 Å². The van der Waals surface area contributed by atoms with Crippen molar-refractivity contribution >= 4 is 23.3 Å². The SMILES string of the molecule is CCOc1cc(C2NC(=S)N(C)C(C)=C2C(=O)OC)ccc1OCc1ccccc1. The average molecular weight is 427 g/mol. The van der Waals surface area contributed by atoms with Gasteiger partial charge < -0.3 is 24.4 Å². The van der Waals surface area contributed by atoms with E-state index in [-0.39, 0.29) is 0 Å². The minimum atomic E-state index is -0.441. The first-order valence-corrected chi connectivity index (χ1v) is 10.1. The maximum absolute atomic E-state index is 12.5. The van der Waals surface area contributed by atoms with Crippen LogP contribution in [0.3, 0.4) is 0 Å². The van der Waals surface area contributed by atoms with Crippen LogP contribution in [0.4, 0.5) is 0 Å². The van der Waals surface area contributed by atoms with Gasteiger partial charge in [-0.2, -0.15) is 0 Å². The summed E-state index contributed by atoms with van der Waals surface area (Å²) in [4.78, 5) is 14.3. The molecule has 1 aliphatic rings. The molecule has 3 rings (SSSR count). The Kier molecular flexibility index (Phi) is 6.95. The molecule has 7 heteroatoms. The second kappa shape index (κ2) is 9.63. The van der Waals surface area contributed by atoms with Crippen LogP contribution in [-0.4, -0.2) is 36.7 Å². The van der Waals surface area contributed by atoms with E-state index in [0.29, 0.717) is 35.4 Å². The van der Waals surface area contributed by atoms with Crippen LogP contribution in [0.25, 0.3) is 0 Å². The quantitative estimate of drug-likeness (QED) is 0.531. The van der Waals surface area contributed by atoms with E-state index < -0.39 is 12.0 Å². The molecule has 158 valence electrons. The van der Waals surface area contributed by atoms with Crippen molar-refractivity contribution in [1.82, 2.24) is 10.2 Å². The second-order valence-corrected chi connectivity index (χ2v) is 7.23. The van der Waals surface area contributed by atoms with E-state index in [9.17, 15) is 4.79 Å². The summed E-state index contributed by atoms with van der Waals surface area (Å²) in [5.74, 6) is 0.849. The Hall–Kier alpha value is -3.06. The Morgan fingerprint density at radius 3 is 2.53 bits per heavy atom. The fourth-order valence-electron chi connectivity index (χ4n) is 3.29. The lowest BCUT2D eigenvalue weighted by Gasteiger charge is -2.35. The van der Waals surface area contributed by atoms with Crippen molar-refractivity contribution in [3.8, 4) is 11.5 Å². The van der Waals surface area contributed by atoms with Gasteiger partial charge >= 0.3 is 5.97 Å². The average Bonchev–Trinajstić information content (AvgIpc) is 2.76. The zero-order chi connectivity index (χ0) is 21.7. The summed E-state index contributed by atoms with van der Waals surface area (Å²) in [5.41, 5.74) is 3.16. The molecular formula is C23H26N2O4S. The number of nitrogens with zero attached hydrogens (tertiary/aromatic N) is 1. The van der Waals surface area contributed by atoms with E-state index >= 15 is 0 Å². The first-order chi connectivity index (χ1) is 14.5. The molecule has 0 aromatic heterocycles. The number of benzene rings is 2. The highest BCUT2D eigenvalue weighted by atomic mass is 32.1. The predicted octanol–water partition coefficient (Wildman–Crippen LogP) is 3.97. The first-order valence-electron chi connectivity index (χ1n) is 9.73. The summed E-state index contributed by atoms with van der Waals surface area (Å²) in [7, 11) is 3.19. The topological polar surface area (TPSA) is 60.0 Å². The molecule has 1 heterocycles. The van der Waals surface area contributed by atoms with Crippen LogP contribution in [0.2, 0.25) is 0 Å². The largest absolute Gasteiger partial charge is 0.490 e. The molecule has 0 saturated carbocycles. The summed E-state index contributed by atoms with van der Waals surface area (Å²) in [6, 6.07) is 15.1. The van der Waals surface area contributed by atoms with Gasteiger partial charge in [-0.15, -0.1) is 0 Å². The molecule has 0 radical (unpaired) electrons. The molecule has 1 unspecified atom stereocenters. The van der Waals surface area contributed by atoms with Crippen LogP contribution in [-0.2, 0) is 16.1 Å². The standard InChI is InChI=1S/C23H26N2O4S/c1-5-28-19-13-17(11-12-18(19)29-14-16-9-7-6-8-10-16)21-20(22(26)27-4)15(2)25(3)23(30)24-21/h6-13,21H,5,14H2,1-4H3,(H,24,30). The number of thiocarbonyl (C=S) groups is 1. The molecule has 0 saturated heterocycles. The molecule has 1 N–H and O–H groups in total. The van der Waals surface area contributed by atoms with Gasteiger partial charge in [-0.05, 0) is 49.3 Å². The van der Waals surface area contributed by atoms with Crippen molar-refractivity contribution in [3.63, 3.8) is 0 Å². The minimum absolute atomic E-state index is 0.401. The van der Waals surface area contributed by atoms with E-state index in [0.717, 1.165) is 16.8 Å². The third-order valence-corrected chi connectivity index (χ3v) is 5.39. The second-order valence-electron chi connectivity index (χ2n) is 6.85. The number of rotatable bonds is 7. The molecule has 0 spiro atoms. The van der Waals surface area contributed by atoms with Gasteiger partial charge in [0.1, 0.15) is 6.61 Å². The van der Waals surface area contributed by atoms with Crippen LogP contribution in [0.5, 0.6) is 11.5 Å². The van der Waals surface area contributed by atoms with Gasteiger partial charge in [0.05, 0.1) is 25.3 Å². The van der Waals surface area contributed by atoms with Gasteiger partial charge in [-0.25, -0.2) is 4.79 Å². The first kappa shape index (κ1) is 21.6. The molecule has 0 fully saturated rings. The highest BCUT2D eigenvalue weighted by molar-refractivity contribution is 7.80. The Morgan fingerprint density at radius 1 is 1.13 bits per heavy atom. The van der Waals surface area contributed by atoms with Crippen molar-refractivity contribution in [2.24, 2.45) is 0 Å². The predicted molar refractivity (Wildman–Crippen MR) is 119 cm³/mol. The van der Waals surface area contributed by atoms with Gasteiger partial charge in [0.25, 0.3) is 0 Å². The van der Waals surface area contributed by atoms with E-state index in [1.54, 1.807) is 4.90 Å².